The predicted molar refractivity (Wildman–Crippen MR) is 288 cm³/mol. The predicted octanol–water partition coefficient (Wildman–Crippen LogP) is 7.55. The lowest BCUT2D eigenvalue weighted by atomic mass is 9.86. The molecule has 4 aromatic rings. The van der Waals surface area contributed by atoms with Gasteiger partial charge in [0.1, 0.15) is 16.8 Å². The van der Waals surface area contributed by atoms with E-state index < -0.39 is 44.8 Å². The van der Waals surface area contributed by atoms with Crippen LogP contribution in [0.4, 0.5) is 28.8 Å². The lowest BCUT2D eigenvalue weighted by Crippen LogP contribution is -2.54. The van der Waals surface area contributed by atoms with Crippen molar-refractivity contribution in [2.75, 3.05) is 55.2 Å². The van der Waals surface area contributed by atoms with Crippen molar-refractivity contribution in [2.24, 2.45) is 0 Å². The second-order valence-electron chi connectivity index (χ2n) is 19.8. The maximum Gasteiger partial charge on any atom is 0.264 e. The standard InChI is InChI=1S/C54H69ClN10O9S/c1-33(2)74-44-30-38(35(5)29-42(44)61-54-58-31-39(55)50(63-54)60-40-16-10-11-18-45(40)75(72,73)34(3)4)36-21-26-64(27-22-36)28-23-46(66)57-25-13-9-7-6-8-12-24-56-32-48(68)59-41-17-14-15-37-49(41)53(71)65(52(37)70)43-19-20-47(67)62-51(43)69/h10-11,14-18,29-31,33-34,36,43,56H,6-9,12-13,19-28,32H2,1-5H3,(H,57,66)(H,59,68)(H,62,67,69)(H2,58,60,61,63). The van der Waals surface area contributed by atoms with Gasteiger partial charge in [-0.1, -0.05) is 55.5 Å². The number of fused-ring (bicyclic) bond motifs is 1. The van der Waals surface area contributed by atoms with Crippen LogP contribution in [0.1, 0.15) is 136 Å². The second kappa shape index (κ2) is 25.8. The molecule has 3 aromatic carbocycles. The Hall–Kier alpha value is -6.48. The molecule has 1 atom stereocenters. The molecule has 6 amide bonds. The number of hydrogen-bond donors (Lipinski definition) is 6. The number of halogens is 1. The summed E-state index contributed by atoms with van der Waals surface area (Å²) in [5.74, 6) is -1.27. The largest absolute Gasteiger partial charge is 0.489 e. The van der Waals surface area contributed by atoms with Gasteiger partial charge in [-0.3, -0.25) is 39.0 Å². The minimum atomic E-state index is -3.59. The highest BCUT2D eigenvalue weighted by molar-refractivity contribution is 7.92. The molecular formula is C54H69ClN10O9S. The average Bonchev–Trinajstić information content (AvgIpc) is 3.64. The second-order valence-corrected chi connectivity index (χ2v) is 22.7. The lowest BCUT2D eigenvalue weighted by molar-refractivity contribution is -0.136. The molecule has 0 radical (unpaired) electrons. The molecule has 19 nitrogen and oxygen atoms in total. The van der Waals surface area contributed by atoms with Crippen LogP contribution in [0.25, 0.3) is 0 Å². The summed E-state index contributed by atoms with van der Waals surface area (Å²) in [4.78, 5) is 88.3. The summed E-state index contributed by atoms with van der Waals surface area (Å²) >= 11 is 6.52. The van der Waals surface area contributed by atoms with Crippen molar-refractivity contribution in [3.8, 4) is 5.75 Å². The first kappa shape index (κ1) is 56.3. The number of aromatic nitrogens is 2. The zero-order valence-corrected chi connectivity index (χ0v) is 44.9. The molecule has 7 rings (SSSR count). The van der Waals surface area contributed by atoms with Gasteiger partial charge in [0.15, 0.2) is 15.7 Å². The maximum absolute atomic E-state index is 13.3. The van der Waals surface area contributed by atoms with Crippen LogP contribution in [0.2, 0.25) is 5.02 Å². The van der Waals surface area contributed by atoms with E-state index in [0.29, 0.717) is 49.1 Å². The van der Waals surface area contributed by atoms with E-state index in [1.54, 1.807) is 50.2 Å². The number of aryl methyl sites for hydroxylation is 1. The first-order valence-corrected chi connectivity index (χ1v) is 27.9. The quantitative estimate of drug-likeness (QED) is 0.0277. The number of para-hydroxylation sites is 1. The van der Waals surface area contributed by atoms with Crippen molar-refractivity contribution < 1.29 is 41.9 Å². The van der Waals surface area contributed by atoms with Gasteiger partial charge >= 0.3 is 0 Å². The van der Waals surface area contributed by atoms with Crippen molar-refractivity contribution in [1.82, 2.24) is 35.7 Å². The minimum Gasteiger partial charge on any atom is -0.489 e. The number of ether oxygens (including phenoxy) is 1. The molecule has 75 heavy (non-hydrogen) atoms. The van der Waals surface area contributed by atoms with E-state index in [0.717, 1.165) is 74.9 Å². The molecule has 2 fully saturated rings. The van der Waals surface area contributed by atoms with Gasteiger partial charge in [0, 0.05) is 25.9 Å². The van der Waals surface area contributed by atoms with E-state index in [-0.39, 0.29) is 75.8 Å². The smallest absolute Gasteiger partial charge is 0.264 e. The first-order valence-electron chi connectivity index (χ1n) is 26.0. The first-order chi connectivity index (χ1) is 35.9. The van der Waals surface area contributed by atoms with Crippen LogP contribution in [-0.2, 0) is 29.0 Å². The van der Waals surface area contributed by atoms with Crippen LogP contribution in [0.15, 0.2) is 65.7 Å². The van der Waals surface area contributed by atoms with Gasteiger partial charge in [-0.15, -0.1) is 0 Å². The number of imide groups is 2. The molecular weight excluding hydrogens is 1000 g/mol. The number of amides is 6. The molecule has 0 aliphatic carbocycles. The SMILES string of the molecule is Cc1cc(Nc2ncc(Cl)c(Nc3ccccc3S(=O)(=O)C(C)C)n2)c(OC(C)C)cc1C1CCN(CCC(=O)NCCCCCCCCNCC(=O)Nc2cccc3c2C(=O)N(C2CCC(=O)NC2=O)C3=O)CC1. The number of carbonyl (C=O) groups excluding carboxylic acids is 6. The van der Waals surface area contributed by atoms with Crippen molar-refractivity contribution in [1.29, 1.82) is 0 Å². The Morgan fingerprint density at radius 2 is 1.55 bits per heavy atom. The normalized spacial score (nSPS) is 16.3. The van der Waals surface area contributed by atoms with Gasteiger partial charge in [0.05, 0.1) is 57.2 Å². The molecule has 21 heteroatoms. The Morgan fingerprint density at radius 1 is 0.840 bits per heavy atom. The number of anilines is 5. The molecule has 1 unspecified atom stereocenters. The van der Waals surface area contributed by atoms with Crippen LogP contribution >= 0.6 is 11.6 Å². The Kier molecular flexibility index (Phi) is 19.4. The monoisotopic (exact) mass is 1070 g/mol. The topological polar surface area (TPSA) is 250 Å². The summed E-state index contributed by atoms with van der Waals surface area (Å²) in [5.41, 5.74) is 3.70. The number of sulfone groups is 1. The van der Waals surface area contributed by atoms with Crippen LogP contribution < -0.4 is 36.6 Å². The van der Waals surface area contributed by atoms with E-state index in [4.69, 9.17) is 16.3 Å². The summed E-state index contributed by atoms with van der Waals surface area (Å²) in [6.45, 7) is 13.1. The summed E-state index contributed by atoms with van der Waals surface area (Å²) < 4.78 is 32.5. The third-order valence-corrected chi connectivity index (χ3v) is 16.1. The van der Waals surface area contributed by atoms with Crippen molar-refractivity contribution in [2.45, 2.75) is 133 Å². The number of hydrogen-bond acceptors (Lipinski definition) is 15. The fraction of sp³-hybridized carbons (Fsp3) is 0.481. The number of carbonyl (C=O) groups is 6. The Morgan fingerprint density at radius 3 is 2.27 bits per heavy atom. The highest BCUT2D eigenvalue weighted by Gasteiger charge is 2.46. The summed E-state index contributed by atoms with van der Waals surface area (Å²) in [6, 6.07) is 14.3. The summed E-state index contributed by atoms with van der Waals surface area (Å²) in [7, 11) is -3.59. The van der Waals surface area contributed by atoms with E-state index in [9.17, 15) is 37.2 Å². The Balaban J connectivity index is 0.765. The number of rotatable bonds is 25. The third-order valence-electron chi connectivity index (χ3n) is 13.6. The number of piperidine rings is 2. The van der Waals surface area contributed by atoms with E-state index >= 15 is 0 Å². The molecule has 1 aromatic heterocycles. The van der Waals surface area contributed by atoms with E-state index in [2.05, 4.69) is 59.8 Å². The maximum atomic E-state index is 13.3. The van der Waals surface area contributed by atoms with Gasteiger partial charge in [0.25, 0.3) is 11.8 Å². The van der Waals surface area contributed by atoms with Gasteiger partial charge in [-0.05, 0) is 140 Å². The number of benzene rings is 3. The lowest BCUT2D eigenvalue weighted by Gasteiger charge is -2.33. The summed E-state index contributed by atoms with van der Waals surface area (Å²) in [6.07, 6.45) is 9.62. The fourth-order valence-corrected chi connectivity index (χ4v) is 10.9. The zero-order chi connectivity index (χ0) is 53.8. The van der Waals surface area contributed by atoms with Crippen LogP contribution in [0.3, 0.4) is 0 Å². The number of unbranched alkanes of at least 4 members (excludes halogenated alkanes) is 5. The molecule has 6 N–H and O–H groups in total. The number of likely N-dealkylation sites (tertiary alicyclic amines) is 1. The molecule has 0 spiro atoms. The average molecular weight is 1070 g/mol. The molecule has 0 saturated carbocycles. The molecule has 4 heterocycles. The molecule has 402 valence electrons. The molecule has 3 aliphatic rings. The number of nitrogens with zero attached hydrogens (tertiary/aromatic N) is 4. The van der Waals surface area contributed by atoms with Crippen molar-refractivity contribution in [3.63, 3.8) is 0 Å². The fourth-order valence-electron chi connectivity index (χ4n) is 9.57. The van der Waals surface area contributed by atoms with E-state index in [1.807, 2.05) is 19.9 Å². The molecule has 0 bridgehead atoms. The van der Waals surface area contributed by atoms with Crippen LogP contribution in [0, 0.1) is 6.92 Å². The van der Waals surface area contributed by atoms with Gasteiger partial charge < -0.3 is 36.2 Å². The van der Waals surface area contributed by atoms with Gasteiger partial charge in [-0.2, -0.15) is 4.98 Å². The summed E-state index contributed by atoms with van der Waals surface area (Å²) in [5, 5.41) is 17.1. The van der Waals surface area contributed by atoms with Crippen molar-refractivity contribution >= 4 is 85.7 Å². The van der Waals surface area contributed by atoms with Crippen LogP contribution in [-0.4, -0.2) is 120 Å². The Bertz CT molecular complexity index is 2870. The van der Waals surface area contributed by atoms with Gasteiger partial charge in [0.2, 0.25) is 29.6 Å². The van der Waals surface area contributed by atoms with Crippen molar-refractivity contribution in [3.05, 3.63) is 88.1 Å². The third kappa shape index (κ3) is 14.5. The molecule has 3 aliphatic heterocycles. The highest BCUT2D eigenvalue weighted by atomic mass is 35.5. The van der Waals surface area contributed by atoms with E-state index in [1.165, 1.54) is 17.8 Å². The molecule has 2 saturated heterocycles. The van der Waals surface area contributed by atoms with Crippen LogP contribution in [0.5, 0.6) is 5.75 Å². The highest BCUT2D eigenvalue weighted by Crippen LogP contribution is 2.39. The zero-order valence-electron chi connectivity index (χ0n) is 43.4. The number of nitrogens with one attached hydrogen (secondary N) is 6. The van der Waals surface area contributed by atoms with Gasteiger partial charge in [-0.25, -0.2) is 13.4 Å². The Labute approximate surface area is 444 Å². The minimum absolute atomic E-state index is 0.0184.